The minimum Gasteiger partial charge on any atom is -0.481 e. The van der Waals surface area contributed by atoms with Crippen molar-refractivity contribution in [3.8, 4) is 5.75 Å². The van der Waals surface area contributed by atoms with Gasteiger partial charge in [-0.15, -0.1) is 11.3 Å². The monoisotopic (exact) mass is 424 g/mol. The molecule has 150 valence electrons. The lowest BCUT2D eigenvalue weighted by molar-refractivity contribution is -0.122. The molecule has 1 aromatic carbocycles. The number of nitrogens with one attached hydrogen (secondary N) is 2. The number of esters is 1. The van der Waals surface area contributed by atoms with Crippen LogP contribution in [0.4, 0.5) is 5.00 Å². The van der Waals surface area contributed by atoms with Gasteiger partial charge in [-0.25, -0.2) is 4.79 Å². The first-order valence-corrected chi connectivity index (χ1v) is 9.73. The molecule has 9 heteroatoms. The predicted octanol–water partition coefficient (Wildman–Crippen LogP) is 3.65. The molecule has 7 nitrogen and oxygen atoms in total. The maximum Gasteiger partial charge on any atom is 0.341 e. The van der Waals surface area contributed by atoms with Gasteiger partial charge in [0.25, 0.3) is 11.8 Å². The molecule has 0 radical (unpaired) electrons. The van der Waals surface area contributed by atoms with Crippen molar-refractivity contribution in [1.29, 1.82) is 0 Å². The Morgan fingerprint density at radius 2 is 1.86 bits per heavy atom. The van der Waals surface area contributed by atoms with Gasteiger partial charge < -0.3 is 20.1 Å². The Kier molecular flexibility index (Phi) is 7.42. The molecule has 1 heterocycles. The molecule has 0 aliphatic rings. The van der Waals surface area contributed by atoms with Gasteiger partial charge in [-0.3, -0.25) is 9.59 Å². The lowest BCUT2D eigenvalue weighted by Gasteiger charge is -2.15. The number of benzene rings is 1. The number of halogens is 1. The van der Waals surface area contributed by atoms with Crippen molar-refractivity contribution in [1.82, 2.24) is 5.32 Å². The zero-order valence-corrected chi connectivity index (χ0v) is 17.5. The molecule has 1 unspecified atom stereocenters. The summed E-state index contributed by atoms with van der Waals surface area (Å²) in [5.41, 5.74) is 0.613. The third-order valence-corrected chi connectivity index (χ3v) is 5.25. The van der Waals surface area contributed by atoms with E-state index in [2.05, 4.69) is 10.6 Å². The van der Waals surface area contributed by atoms with Gasteiger partial charge in [0.15, 0.2) is 6.10 Å². The second kappa shape index (κ2) is 9.57. The van der Waals surface area contributed by atoms with Gasteiger partial charge in [-0.2, -0.15) is 0 Å². The van der Waals surface area contributed by atoms with E-state index >= 15 is 0 Å². The zero-order chi connectivity index (χ0) is 20.8. The molecule has 2 N–H and O–H groups in total. The van der Waals surface area contributed by atoms with Crippen LogP contribution in [0, 0.1) is 6.92 Å². The smallest absolute Gasteiger partial charge is 0.341 e. The Morgan fingerprint density at radius 3 is 2.43 bits per heavy atom. The molecule has 28 heavy (non-hydrogen) atoms. The lowest BCUT2D eigenvalue weighted by atomic mass is 10.1. The number of hydrogen-bond donors (Lipinski definition) is 2. The number of amides is 2. The molecule has 0 fully saturated rings. The molecular weight excluding hydrogens is 404 g/mol. The number of ether oxygens (including phenoxy) is 2. The molecule has 1 aromatic heterocycles. The molecule has 0 saturated carbocycles. The van der Waals surface area contributed by atoms with Gasteiger partial charge in [0.2, 0.25) is 0 Å². The molecule has 2 aromatic rings. The highest BCUT2D eigenvalue weighted by Gasteiger charge is 2.27. The van der Waals surface area contributed by atoms with Gasteiger partial charge in [0, 0.05) is 12.1 Å². The second-order valence-corrected chi connectivity index (χ2v) is 7.22. The van der Waals surface area contributed by atoms with Crippen molar-refractivity contribution in [2.24, 2.45) is 0 Å². The van der Waals surface area contributed by atoms with Crippen molar-refractivity contribution < 1.29 is 23.9 Å². The van der Waals surface area contributed by atoms with Gasteiger partial charge in [0.05, 0.1) is 17.0 Å². The normalized spacial score (nSPS) is 11.5. The SMILES string of the molecule is CCOC(=O)c1c(NC(=O)C(C)Oc2ccc(Cl)cc2)sc(C(=O)NC)c1C. The summed E-state index contributed by atoms with van der Waals surface area (Å²) < 4.78 is 10.7. The summed E-state index contributed by atoms with van der Waals surface area (Å²) in [6.07, 6.45) is -0.845. The summed E-state index contributed by atoms with van der Waals surface area (Å²) in [5, 5.41) is 5.98. The van der Waals surface area contributed by atoms with Crippen molar-refractivity contribution in [2.75, 3.05) is 19.0 Å². The van der Waals surface area contributed by atoms with Crippen molar-refractivity contribution >= 4 is 45.7 Å². The average Bonchev–Trinajstić information content (AvgIpc) is 2.99. The lowest BCUT2D eigenvalue weighted by Crippen LogP contribution is -2.30. The Hall–Kier alpha value is -2.58. The zero-order valence-electron chi connectivity index (χ0n) is 15.9. The first-order valence-electron chi connectivity index (χ1n) is 8.54. The maximum atomic E-state index is 12.6. The fourth-order valence-electron chi connectivity index (χ4n) is 2.37. The molecule has 2 rings (SSSR count). The quantitative estimate of drug-likeness (QED) is 0.661. The van der Waals surface area contributed by atoms with Crippen LogP contribution in [0.3, 0.4) is 0 Å². The van der Waals surface area contributed by atoms with Crippen LogP contribution in [0.25, 0.3) is 0 Å². The molecule has 2 amide bonds. The largest absolute Gasteiger partial charge is 0.481 e. The van der Waals surface area contributed by atoms with Crippen LogP contribution in [0.1, 0.15) is 39.4 Å². The Morgan fingerprint density at radius 1 is 1.21 bits per heavy atom. The summed E-state index contributed by atoms with van der Waals surface area (Å²) in [6.45, 7) is 5.07. The highest BCUT2D eigenvalue weighted by molar-refractivity contribution is 7.18. The molecule has 0 saturated heterocycles. The number of carbonyl (C=O) groups excluding carboxylic acids is 3. The van der Waals surface area contributed by atoms with E-state index in [-0.39, 0.29) is 23.1 Å². The number of hydrogen-bond acceptors (Lipinski definition) is 6. The second-order valence-electron chi connectivity index (χ2n) is 5.76. The van der Waals surface area contributed by atoms with Crippen molar-refractivity contribution in [3.05, 3.63) is 45.3 Å². The predicted molar refractivity (Wildman–Crippen MR) is 109 cm³/mol. The minimum absolute atomic E-state index is 0.164. The third kappa shape index (κ3) is 5.02. The molecule has 0 bridgehead atoms. The summed E-state index contributed by atoms with van der Waals surface area (Å²) >= 11 is 6.84. The van der Waals surface area contributed by atoms with Crippen molar-refractivity contribution in [3.63, 3.8) is 0 Å². The van der Waals surface area contributed by atoms with E-state index in [1.807, 2.05) is 0 Å². The van der Waals surface area contributed by atoms with Gasteiger partial charge in [0.1, 0.15) is 10.8 Å². The number of anilines is 1. The highest BCUT2D eigenvalue weighted by Crippen LogP contribution is 2.34. The molecule has 1 atom stereocenters. The van der Waals surface area contributed by atoms with E-state index in [4.69, 9.17) is 21.1 Å². The molecule has 0 spiro atoms. The first kappa shape index (κ1) is 21.7. The van der Waals surface area contributed by atoms with E-state index in [0.29, 0.717) is 21.2 Å². The van der Waals surface area contributed by atoms with Crippen LogP contribution < -0.4 is 15.4 Å². The minimum atomic E-state index is -0.845. The molecular formula is C19H21ClN2O5S. The number of rotatable bonds is 7. The Bertz CT molecular complexity index is 879. The van der Waals surface area contributed by atoms with Gasteiger partial charge >= 0.3 is 5.97 Å². The molecule has 0 aliphatic heterocycles. The standard InChI is InChI=1S/C19H21ClN2O5S/c1-5-26-19(25)14-10(2)15(17(24)21-4)28-18(14)22-16(23)11(3)27-13-8-6-12(20)7-9-13/h6-9,11H,5H2,1-4H3,(H,21,24)(H,22,23). The summed E-state index contributed by atoms with van der Waals surface area (Å²) in [4.78, 5) is 37.3. The fourth-order valence-corrected chi connectivity index (χ4v) is 3.64. The Balaban J connectivity index is 2.25. The highest BCUT2D eigenvalue weighted by atomic mass is 35.5. The summed E-state index contributed by atoms with van der Waals surface area (Å²) in [5.74, 6) is -0.941. The first-order chi connectivity index (χ1) is 13.3. The number of thiophene rings is 1. The van der Waals surface area contributed by atoms with Crippen molar-refractivity contribution in [2.45, 2.75) is 26.9 Å². The summed E-state index contributed by atoms with van der Waals surface area (Å²) in [6, 6.07) is 6.60. The van der Waals surface area contributed by atoms with Crippen LogP contribution in [0.15, 0.2) is 24.3 Å². The van der Waals surface area contributed by atoms with E-state index in [1.54, 1.807) is 45.0 Å². The van der Waals surface area contributed by atoms with Gasteiger partial charge in [-0.1, -0.05) is 11.6 Å². The molecule has 0 aliphatic carbocycles. The van der Waals surface area contributed by atoms with Crippen LogP contribution >= 0.6 is 22.9 Å². The fraction of sp³-hybridized carbons (Fsp3) is 0.316. The van der Waals surface area contributed by atoms with Gasteiger partial charge in [-0.05, 0) is 50.6 Å². The van der Waals surface area contributed by atoms with Crippen LogP contribution in [-0.4, -0.2) is 37.5 Å². The third-order valence-electron chi connectivity index (χ3n) is 3.79. The number of carbonyl (C=O) groups is 3. The van der Waals surface area contributed by atoms with E-state index in [9.17, 15) is 14.4 Å². The Labute approximate surface area is 172 Å². The topological polar surface area (TPSA) is 93.7 Å². The maximum absolute atomic E-state index is 12.6. The van der Waals surface area contributed by atoms with Crippen LogP contribution in [0.2, 0.25) is 5.02 Å². The van der Waals surface area contributed by atoms with E-state index < -0.39 is 18.0 Å². The van der Waals surface area contributed by atoms with E-state index in [1.165, 1.54) is 7.05 Å². The van der Waals surface area contributed by atoms with E-state index in [0.717, 1.165) is 11.3 Å². The van der Waals surface area contributed by atoms with Crippen LogP contribution in [-0.2, 0) is 9.53 Å². The van der Waals surface area contributed by atoms with Crippen LogP contribution in [0.5, 0.6) is 5.75 Å². The summed E-state index contributed by atoms with van der Waals surface area (Å²) in [7, 11) is 1.49. The average molecular weight is 425 g/mol.